The van der Waals surface area contributed by atoms with Crippen LogP contribution in [0, 0.1) is 0 Å². The summed E-state index contributed by atoms with van der Waals surface area (Å²) < 4.78 is 38.3. The van der Waals surface area contributed by atoms with Crippen molar-refractivity contribution in [3.63, 3.8) is 0 Å². The average molecular weight is 255 g/mol. The van der Waals surface area contributed by atoms with Crippen LogP contribution in [-0.4, -0.2) is 10.7 Å². The van der Waals surface area contributed by atoms with Crippen molar-refractivity contribution in [1.82, 2.24) is 4.57 Å². The van der Waals surface area contributed by atoms with Crippen LogP contribution < -0.4 is 0 Å². The number of halogens is 3. The van der Waals surface area contributed by atoms with E-state index in [4.69, 9.17) is 0 Å². The van der Waals surface area contributed by atoms with Crippen molar-refractivity contribution in [3.05, 3.63) is 36.0 Å². The zero-order valence-electron chi connectivity index (χ0n) is 10.3. The van der Waals surface area contributed by atoms with Crippen molar-refractivity contribution in [3.8, 4) is 0 Å². The molecular formula is C14H16F3N. The largest absolute Gasteiger partial charge is 0.389 e. The fraction of sp³-hybridized carbons (Fsp3) is 0.429. The lowest BCUT2D eigenvalue weighted by atomic mass is 10.1. The molecule has 0 N–H and O–H groups in total. The molecule has 0 unspecified atom stereocenters. The lowest BCUT2D eigenvalue weighted by Gasteiger charge is -2.10. The fourth-order valence-corrected chi connectivity index (χ4v) is 2.26. The highest BCUT2D eigenvalue weighted by Gasteiger charge is 2.26. The Morgan fingerprint density at radius 3 is 2.61 bits per heavy atom. The SMILES string of the molecule is CCc1cccc2ccn(CCCC(F)(F)F)c12. The molecule has 0 saturated carbocycles. The summed E-state index contributed by atoms with van der Waals surface area (Å²) in [6.07, 6.45) is -1.89. The third-order valence-corrected chi connectivity index (χ3v) is 3.11. The van der Waals surface area contributed by atoms with Crippen molar-refractivity contribution >= 4 is 10.9 Å². The molecule has 2 rings (SSSR count). The van der Waals surface area contributed by atoms with Gasteiger partial charge in [0.15, 0.2) is 0 Å². The van der Waals surface area contributed by atoms with E-state index >= 15 is 0 Å². The van der Waals surface area contributed by atoms with Gasteiger partial charge in [0.2, 0.25) is 0 Å². The van der Waals surface area contributed by atoms with Gasteiger partial charge in [-0.15, -0.1) is 0 Å². The smallest absolute Gasteiger partial charge is 0.347 e. The van der Waals surface area contributed by atoms with Gasteiger partial charge >= 0.3 is 6.18 Å². The quantitative estimate of drug-likeness (QED) is 0.755. The molecule has 0 bridgehead atoms. The minimum Gasteiger partial charge on any atom is -0.347 e. The molecule has 0 radical (unpaired) electrons. The van der Waals surface area contributed by atoms with Crippen LogP contribution in [0.1, 0.15) is 25.3 Å². The Labute approximate surface area is 104 Å². The van der Waals surface area contributed by atoms with Crippen molar-refractivity contribution < 1.29 is 13.2 Å². The number of rotatable bonds is 4. The number of hydrogen-bond donors (Lipinski definition) is 0. The molecule has 1 aromatic heterocycles. The number of benzene rings is 1. The first-order valence-electron chi connectivity index (χ1n) is 6.15. The van der Waals surface area contributed by atoms with E-state index in [9.17, 15) is 13.2 Å². The van der Waals surface area contributed by atoms with Crippen molar-refractivity contribution in [1.29, 1.82) is 0 Å². The van der Waals surface area contributed by atoms with Gasteiger partial charge in [0.25, 0.3) is 0 Å². The molecule has 1 heterocycles. The second kappa shape index (κ2) is 5.04. The maximum Gasteiger partial charge on any atom is 0.389 e. The molecule has 1 aromatic carbocycles. The van der Waals surface area contributed by atoms with Crippen LogP contribution in [0.2, 0.25) is 0 Å². The van der Waals surface area contributed by atoms with Crippen LogP contribution in [0.5, 0.6) is 0 Å². The summed E-state index contributed by atoms with van der Waals surface area (Å²) >= 11 is 0. The molecule has 0 atom stereocenters. The minimum atomic E-state index is -4.06. The number of aryl methyl sites for hydroxylation is 2. The molecule has 0 fully saturated rings. The van der Waals surface area contributed by atoms with E-state index in [-0.39, 0.29) is 6.42 Å². The van der Waals surface area contributed by atoms with Crippen molar-refractivity contribution in [2.24, 2.45) is 0 Å². The predicted octanol–water partition coefficient (Wildman–Crippen LogP) is 4.55. The molecular weight excluding hydrogens is 239 g/mol. The number of hydrogen-bond acceptors (Lipinski definition) is 0. The summed E-state index contributed by atoms with van der Waals surface area (Å²) in [5.41, 5.74) is 2.26. The van der Waals surface area contributed by atoms with Crippen molar-refractivity contribution in [2.75, 3.05) is 0 Å². The predicted molar refractivity (Wildman–Crippen MR) is 66.6 cm³/mol. The molecule has 1 nitrogen and oxygen atoms in total. The maximum atomic E-state index is 12.1. The molecule has 0 aliphatic rings. The number of nitrogens with zero attached hydrogens (tertiary/aromatic N) is 1. The third kappa shape index (κ3) is 2.86. The van der Waals surface area contributed by atoms with Crippen LogP contribution in [-0.2, 0) is 13.0 Å². The zero-order chi connectivity index (χ0) is 13.2. The molecule has 0 aliphatic heterocycles. The summed E-state index contributed by atoms with van der Waals surface area (Å²) in [6.45, 7) is 2.47. The number of fused-ring (bicyclic) bond motifs is 1. The van der Waals surface area contributed by atoms with E-state index in [1.807, 2.05) is 35.0 Å². The number of aromatic nitrogens is 1. The van der Waals surface area contributed by atoms with E-state index in [0.29, 0.717) is 6.54 Å². The first-order chi connectivity index (χ1) is 8.51. The summed E-state index contributed by atoms with van der Waals surface area (Å²) in [7, 11) is 0. The molecule has 0 aliphatic carbocycles. The van der Waals surface area contributed by atoms with Crippen LogP contribution >= 0.6 is 0 Å². The molecule has 98 valence electrons. The molecule has 0 spiro atoms. The monoisotopic (exact) mass is 255 g/mol. The highest BCUT2D eigenvalue weighted by atomic mass is 19.4. The summed E-state index contributed by atoms with van der Waals surface area (Å²) in [6, 6.07) is 7.97. The fourth-order valence-electron chi connectivity index (χ4n) is 2.26. The topological polar surface area (TPSA) is 4.93 Å². The van der Waals surface area contributed by atoms with Gasteiger partial charge in [-0.1, -0.05) is 25.1 Å². The van der Waals surface area contributed by atoms with Gasteiger partial charge in [-0.05, 0) is 29.9 Å². The van der Waals surface area contributed by atoms with Gasteiger partial charge in [0, 0.05) is 19.2 Å². The molecule has 4 heteroatoms. The second-order valence-electron chi connectivity index (χ2n) is 4.44. The van der Waals surface area contributed by atoms with Gasteiger partial charge in [0.05, 0.1) is 5.52 Å². The Balaban J connectivity index is 2.18. The van der Waals surface area contributed by atoms with Crippen LogP contribution in [0.3, 0.4) is 0 Å². The zero-order valence-corrected chi connectivity index (χ0v) is 10.3. The van der Waals surface area contributed by atoms with Crippen molar-refractivity contribution in [2.45, 2.75) is 38.9 Å². The second-order valence-corrected chi connectivity index (χ2v) is 4.44. The molecule has 2 aromatic rings. The average Bonchev–Trinajstić information content (AvgIpc) is 2.71. The first-order valence-corrected chi connectivity index (χ1v) is 6.15. The van der Waals surface area contributed by atoms with E-state index in [0.717, 1.165) is 17.3 Å². The standard InChI is InChI=1S/C14H16F3N/c1-2-11-5-3-6-12-7-10-18(13(11)12)9-4-8-14(15,16)17/h3,5-7,10H,2,4,8-9H2,1H3. The van der Waals surface area contributed by atoms with E-state index in [1.165, 1.54) is 5.56 Å². The maximum absolute atomic E-state index is 12.1. The van der Waals surface area contributed by atoms with E-state index < -0.39 is 12.6 Å². The van der Waals surface area contributed by atoms with Crippen LogP contribution in [0.15, 0.2) is 30.5 Å². The summed E-state index contributed by atoms with van der Waals surface area (Å²) in [5, 5.41) is 1.10. The highest BCUT2D eigenvalue weighted by molar-refractivity contribution is 5.83. The Hall–Kier alpha value is -1.45. The molecule has 18 heavy (non-hydrogen) atoms. The van der Waals surface area contributed by atoms with Gasteiger partial charge in [-0.3, -0.25) is 0 Å². The third-order valence-electron chi connectivity index (χ3n) is 3.11. The van der Waals surface area contributed by atoms with Gasteiger partial charge in [0.1, 0.15) is 0 Å². The molecule has 0 saturated heterocycles. The lowest BCUT2D eigenvalue weighted by molar-refractivity contribution is -0.135. The Morgan fingerprint density at radius 2 is 1.94 bits per heavy atom. The highest BCUT2D eigenvalue weighted by Crippen LogP contribution is 2.24. The Morgan fingerprint density at radius 1 is 1.17 bits per heavy atom. The van der Waals surface area contributed by atoms with E-state index in [2.05, 4.69) is 6.92 Å². The summed E-state index contributed by atoms with van der Waals surface area (Å²) in [4.78, 5) is 0. The summed E-state index contributed by atoms with van der Waals surface area (Å²) in [5.74, 6) is 0. The van der Waals surface area contributed by atoms with Gasteiger partial charge in [-0.2, -0.15) is 13.2 Å². The number of alkyl halides is 3. The lowest BCUT2D eigenvalue weighted by Crippen LogP contribution is -2.09. The normalized spacial score (nSPS) is 12.2. The van der Waals surface area contributed by atoms with Gasteiger partial charge < -0.3 is 4.57 Å². The number of para-hydroxylation sites is 1. The van der Waals surface area contributed by atoms with E-state index in [1.54, 1.807) is 0 Å². The van der Waals surface area contributed by atoms with Crippen LogP contribution in [0.4, 0.5) is 13.2 Å². The molecule has 0 amide bonds. The first kappa shape index (κ1) is 13.0. The van der Waals surface area contributed by atoms with Crippen LogP contribution in [0.25, 0.3) is 10.9 Å². The van der Waals surface area contributed by atoms with Gasteiger partial charge in [-0.25, -0.2) is 0 Å². The minimum absolute atomic E-state index is 0.130. The Bertz CT molecular complexity index is 525. The Kier molecular flexibility index (Phi) is 3.64.